The number of hydrogen-bond acceptors (Lipinski definition) is 11. The molecule has 38 heavy (non-hydrogen) atoms. The molecule has 11 nitrogen and oxygen atoms in total. The highest BCUT2D eigenvalue weighted by Crippen LogP contribution is 2.08. The first-order valence-corrected chi connectivity index (χ1v) is 15.3. The maximum absolute atomic E-state index is 11.7. The van der Waals surface area contributed by atoms with Crippen molar-refractivity contribution in [3.63, 3.8) is 0 Å². The van der Waals surface area contributed by atoms with Crippen molar-refractivity contribution >= 4 is 57.5 Å². The maximum atomic E-state index is 11.7. The zero-order valence-corrected chi connectivity index (χ0v) is 25.5. The third kappa shape index (κ3) is 22.2. The van der Waals surface area contributed by atoms with Gasteiger partial charge in [0.25, 0.3) is 0 Å². The quantitative estimate of drug-likeness (QED) is 0.0670. The van der Waals surface area contributed by atoms with Gasteiger partial charge in [0, 0.05) is 11.8 Å². The number of nitrogens with two attached hydrogens (primary N) is 1. The van der Waals surface area contributed by atoms with Crippen LogP contribution in [0.4, 0.5) is 0 Å². The summed E-state index contributed by atoms with van der Waals surface area (Å²) < 4.78 is 19.1. The molecule has 0 aromatic heterocycles. The van der Waals surface area contributed by atoms with E-state index in [9.17, 15) is 24.0 Å². The Morgan fingerprint density at radius 3 is 1.84 bits per heavy atom. The summed E-state index contributed by atoms with van der Waals surface area (Å²) in [6.07, 6.45) is 5.26. The minimum absolute atomic E-state index is 0.135. The number of ether oxygens (including phenoxy) is 4. The van der Waals surface area contributed by atoms with E-state index in [-0.39, 0.29) is 37.5 Å². The molecule has 1 atom stereocenters. The normalized spacial score (nSPS) is 11.0. The Hall–Kier alpha value is -1.86. The molecule has 0 saturated carbocycles. The molecule has 0 saturated heterocycles. The molecule has 0 aliphatic rings. The molecule has 0 aromatic rings. The number of carbonyl (C=O) groups excluding carboxylic acids is 5. The molecule has 222 valence electrons. The standard InChI is InChI=1S/C13H22BrNO5.C12H23NO4S/c1-3-19-12(17)11(13(18)20-4-2)15-10(16)8-6-5-7-9-14;1-3-16-11(14)9-18-8-6-5-7-10(13)12(15)17-4-2/h11H,3-9H2,1-2H3,(H,15,16);10H,3-9,13H2,1-2H3. The van der Waals surface area contributed by atoms with E-state index in [1.54, 1.807) is 39.5 Å². The zero-order chi connectivity index (χ0) is 29.2. The van der Waals surface area contributed by atoms with Gasteiger partial charge in [0.1, 0.15) is 6.04 Å². The summed E-state index contributed by atoms with van der Waals surface area (Å²) in [6.45, 7) is 7.86. The molecule has 0 spiro atoms. The second-order valence-electron chi connectivity index (χ2n) is 7.72. The van der Waals surface area contributed by atoms with Crippen molar-refractivity contribution in [1.82, 2.24) is 5.32 Å². The molecule has 0 rings (SSSR count). The van der Waals surface area contributed by atoms with Crippen LogP contribution in [0.1, 0.15) is 72.6 Å². The minimum atomic E-state index is -1.38. The molecule has 3 N–H and O–H groups in total. The molecule has 13 heteroatoms. The van der Waals surface area contributed by atoms with Gasteiger partial charge in [-0.15, -0.1) is 0 Å². The number of unbranched alkanes of at least 4 members (excludes halogenated alkanes) is 3. The van der Waals surface area contributed by atoms with Crippen molar-refractivity contribution < 1.29 is 42.9 Å². The van der Waals surface area contributed by atoms with Crippen LogP contribution < -0.4 is 11.1 Å². The summed E-state index contributed by atoms with van der Waals surface area (Å²) in [5.74, 6) is -1.20. The van der Waals surface area contributed by atoms with Crippen LogP contribution in [-0.4, -0.2) is 85.1 Å². The van der Waals surface area contributed by atoms with Crippen molar-refractivity contribution in [1.29, 1.82) is 0 Å². The molecule has 0 aliphatic carbocycles. The Labute approximate surface area is 239 Å². The predicted octanol–water partition coefficient (Wildman–Crippen LogP) is 2.90. The Morgan fingerprint density at radius 2 is 1.32 bits per heavy atom. The first-order valence-electron chi connectivity index (χ1n) is 13.0. The van der Waals surface area contributed by atoms with Crippen LogP contribution >= 0.6 is 27.7 Å². The fourth-order valence-electron chi connectivity index (χ4n) is 2.75. The number of amides is 1. The van der Waals surface area contributed by atoms with Crippen LogP contribution in [0.25, 0.3) is 0 Å². The highest BCUT2D eigenvalue weighted by atomic mass is 79.9. The van der Waals surface area contributed by atoms with Crippen LogP contribution in [0.3, 0.4) is 0 Å². The lowest BCUT2D eigenvalue weighted by Gasteiger charge is -2.15. The number of rotatable bonds is 20. The summed E-state index contributed by atoms with van der Waals surface area (Å²) in [6, 6.07) is -1.90. The summed E-state index contributed by atoms with van der Waals surface area (Å²) in [7, 11) is 0. The number of hydrogen-bond donors (Lipinski definition) is 2. The molecular formula is C25H45BrN2O9S. The van der Waals surface area contributed by atoms with Crippen LogP contribution in [0.5, 0.6) is 0 Å². The van der Waals surface area contributed by atoms with Gasteiger partial charge in [-0.1, -0.05) is 28.8 Å². The number of carbonyl (C=O) groups is 5. The van der Waals surface area contributed by atoms with Crippen LogP contribution in [0, 0.1) is 0 Å². The molecule has 1 unspecified atom stereocenters. The molecule has 0 bridgehead atoms. The SMILES string of the molecule is CCOC(=O)C(NC(=O)CCCCCBr)C(=O)OCC.CCOC(=O)CSCCCCC(N)C(=O)OCC. The fraction of sp³-hybridized carbons (Fsp3) is 0.800. The van der Waals surface area contributed by atoms with E-state index in [1.807, 2.05) is 0 Å². The number of thioether (sulfide) groups is 1. The van der Waals surface area contributed by atoms with E-state index in [0.29, 0.717) is 31.8 Å². The third-order valence-electron chi connectivity index (χ3n) is 4.56. The molecule has 1 amide bonds. The highest BCUT2D eigenvalue weighted by Gasteiger charge is 2.30. The molecule has 0 heterocycles. The predicted molar refractivity (Wildman–Crippen MR) is 150 cm³/mol. The average molecular weight is 630 g/mol. The lowest BCUT2D eigenvalue weighted by Crippen LogP contribution is -2.48. The van der Waals surface area contributed by atoms with Crippen molar-refractivity contribution in [3.05, 3.63) is 0 Å². The third-order valence-corrected chi connectivity index (χ3v) is 6.13. The van der Waals surface area contributed by atoms with Crippen LogP contribution in [0.2, 0.25) is 0 Å². The van der Waals surface area contributed by atoms with Crippen LogP contribution in [0.15, 0.2) is 0 Å². The zero-order valence-electron chi connectivity index (χ0n) is 23.1. The van der Waals surface area contributed by atoms with Gasteiger partial charge in [0.05, 0.1) is 32.2 Å². The Morgan fingerprint density at radius 1 is 0.763 bits per heavy atom. The number of nitrogens with one attached hydrogen (secondary N) is 1. The van der Waals surface area contributed by atoms with Gasteiger partial charge < -0.3 is 30.0 Å². The largest absolute Gasteiger partial charge is 0.465 e. The van der Waals surface area contributed by atoms with Crippen molar-refractivity contribution in [2.24, 2.45) is 5.73 Å². The van der Waals surface area contributed by atoms with Gasteiger partial charge in [-0.3, -0.25) is 14.4 Å². The van der Waals surface area contributed by atoms with E-state index >= 15 is 0 Å². The van der Waals surface area contributed by atoms with Gasteiger partial charge >= 0.3 is 23.9 Å². The number of halogens is 1. The Kier molecular flexibility index (Phi) is 26.9. The molecule has 0 radical (unpaired) electrons. The van der Waals surface area contributed by atoms with Crippen molar-refractivity contribution in [3.8, 4) is 0 Å². The molecule has 0 fully saturated rings. The second-order valence-corrected chi connectivity index (χ2v) is 9.61. The minimum Gasteiger partial charge on any atom is -0.465 e. The Balaban J connectivity index is 0. The van der Waals surface area contributed by atoms with E-state index in [1.165, 1.54) is 0 Å². The maximum Gasteiger partial charge on any atom is 0.340 e. The van der Waals surface area contributed by atoms with E-state index in [2.05, 4.69) is 21.2 Å². The monoisotopic (exact) mass is 628 g/mol. The summed E-state index contributed by atoms with van der Waals surface area (Å²) in [4.78, 5) is 57.2. The van der Waals surface area contributed by atoms with E-state index in [0.717, 1.165) is 36.8 Å². The van der Waals surface area contributed by atoms with Gasteiger partial charge in [-0.25, -0.2) is 9.59 Å². The summed E-state index contributed by atoms with van der Waals surface area (Å²) >= 11 is 4.85. The number of esters is 4. The average Bonchev–Trinajstić information content (AvgIpc) is 2.88. The van der Waals surface area contributed by atoms with Crippen molar-refractivity contribution in [2.45, 2.75) is 84.7 Å². The second kappa shape index (κ2) is 26.7. The number of alkyl halides is 1. The van der Waals surface area contributed by atoms with Crippen LogP contribution in [-0.2, 0) is 42.9 Å². The molecule has 0 aromatic carbocycles. The van der Waals surface area contributed by atoms with Gasteiger partial charge in [0.2, 0.25) is 11.9 Å². The smallest absolute Gasteiger partial charge is 0.340 e. The van der Waals surface area contributed by atoms with Crippen molar-refractivity contribution in [2.75, 3.05) is 43.3 Å². The van der Waals surface area contributed by atoms with Gasteiger partial charge in [-0.2, -0.15) is 11.8 Å². The topological polar surface area (TPSA) is 160 Å². The fourth-order valence-corrected chi connectivity index (χ4v) is 3.95. The first-order chi connectivity index (χ1) is 18.2. The Bertz CT molecular complexity index is 665. The summed E-state index contributed by atoms with van der Waals surface area (Å²) in [5, 5.41) is 3.26. The van der Waals surface area contributed by atoms with Gasteiger partial charge in [-0.05, 0) is 59.1 Å². The van der Waals surface area contributed by atoms with E-state index in [4.69, 9.17) is 24.7 Å². The lowest BCUT2D eigenvalue weighted by atomic mass is 10.1. The lowest BCUT2D eigenvalue weighted by molar-refractivity contribution is -0.159. The molecular weight excluding hydrogens is 584 g/mol. The van der Waals surface area contributed by atoms with Gasteiger partial charge in [0.15, 0.2) is 0 Å². The first kappa shape index (κ1) is 38.3. The highest BCUT2D eigenvalue weighted by molar-refractivity contribution is 9.09. The molecule has 0 aliphatic heterocycles. The summed E-state index contributed by atoms with van der Waals surface area (Å²) in [5.41, 5.74) is 5.65. The van der Waals surface area contributed by atoms with E-state index < -0.39 is 24.0 Å².